The third-order valence-electron chi connectivity index (χ3n) is 12.7. The molecule has 8 aromatic rings. The number of hydrogen-bond donors (Lipinski definition) is 0. The highest BCUT2D eigenvalue weighted by Gasteiger charge is 2.53. The molecule has 0 atom stereocenters. The normalized spacial score (nSPS) is 16.9. The molecule has 0 N–H and O–H groups in total. The Balaban J connectivity index is 1.09. The first-order chi connectivity index (χ1) is 25.8. The summed E-state index contributed by atoms with van der Waals surface area (Å²) in [7, 11) is -0.404. The molecule has 7 aromatic carbocycles. The van der Waals surface area contributed by atoms with Crippen molar-refractivity contribution < 1.29 is 9.31 Å². The van der Waals surface area contributed by atoms with Gasteiger partial charge in [0.1, 0.15) is 0 Å². The lowest BCUT2D eigenvalue weighted by atomic mass is 9.70. The second-order valence-corrected chi connectivity index (χ2v) is 15.9. The first kappa shape index (κ1) is 30.9. The van der Waals surface area contributed by atoms with Crippen molar-refractivity contribution in [2.24, 2.45) is 0 Å². The van der Waals surface area contributed by atoms with Crippen LogP contribution in [0.2, 0.25) is 0 Å². The Morgan fingerprint density at radius 2 is 0.981 bits per heavy atom. The Bertz CT molecular complexity index is 2750. The fourth-order valence-electron chi connectivity index (χ4n) is 9.50. The van der Waals surface area contributed by atoms with Crippen LogP contribution >= 0.6 is 0 Å². The maximum atomic E-state index is 6.42. The van der Waals surface area contributed by atoms with E-state index < -0.39 is 7.12 Å². The predicted octanol–water partition coefficient (Wildman–Crippen LogP) is 11.1. The standard InChI is InChI=1S/C49H38BNO2/c1-47(2)48(3,4)53-50(52-47)33-15-13-14-31(28-33)32-24-27-46-40(29-32)39-19-8-12-23-45(39)51(46)34-25-26-38-37-18-7-11-22-43(37)49(44(38)30-34)41-20-9-5-16-35(41)36-17-6-10-21-42(36)49/h5-30H,1-4H3. The van der Waals surface area contributed by atoms with E-state index in [-0.39, 0.29) is 16.6 Å². The van der Waals surface area contributed by atoms with Crippen molar-refractivity contribution in [1.82, 2.24) is 4.57 Å². The number of hydrogen-bond acceptors (Lipinski definition) is 2. The summed E-state index contributed by atoms with van der Waals surface area (Å²) in [6, 6.07) is 58.6. The molecule has 0 radical (unpaired) electrons. The number of rotatable bonds is 3. The largest absolute Gasteiger partial charge is 0.494 e. The van der Waals surface area contributed by atoms with Gasteiger partial charge < -0.3 is 13.9 Å². The topological polar surface area (TPSA) is 23.4 Å². The molecule has 0 saturated carbocycles. The van der Waals surface area contributed by atoms with Crippen molar-refractivity contribution in [3.8, 4) is 39.1 Å². The average Bonchev–Trinajstić information content (AvgIpc) is 3.85. The van der Waals surface area contributed by atoms with Crippen LogP contribution in [0, 0.1) is 0 Å². The molecule has 1 spiro atoms. The van der Waals surface area contributed by atoms with Gasteiger partial charge in [0, 0.05) is 16.5 Å². The van der Waals surface area contributed by atoms with Gasteiger partial charge in [-0.2, -0.15) is 0 Å². The van der Waals surface area contributed by atoms with Crippen molar-refractivity contribution >= 4 is 34.4 Å². The van der Waals surface area contributed by atoms with Crippen molar-refractivity contribution in [3.63, 3.8) is 0 Å². The second kappa shape index (κ2) is 10.7. The van der Waals surface area contributed by atoms with Crippen LogP contribution in [0.15, 0.2) is 158 Å². The number of benzene rings is 7. The van der Waals surface area contributed by atoms with Gasteiger partial charge >= 0.3 is 7.12 Å². The van der Waals surface area contributed by atoms with E-state index in [0.29, 0.717) is 0 Å². The van der Waals surface area contributed by atoms with Gasteiger partial charge in [0.25, 0.3) is 0 Å². The van der Waals surface area contributed by atoms with Gasteiger partial charge in [-0.3, -0.25) is 0 Å². The first-order valence-electron chi connectivity index (χ1n) is 18.7. The van der Waals surface area contributed by atoms with Gasteiger partial charge in [-0.05, 0) is 119 Å². The van der Waals surface area contributed by atoms with E-state index in [9.17, 15) is 0 Å². The average molecular weight is 684 g/mol. The summed E-state index contributed by atoms with van der Waals surface area (Å²) in [6.07, 6.45) is 0. The summed E-state index contributed by atoms with van der Waals surface area (Å²) in [5.74, 6) is 0. The summed E-state index contributed by atoms with van der Waals surface area (Å²) in [6.45, 7) is 8.41. The molecule has 2 aliphatic carbocycles. The quantitative estimate of drug-likeness (QED) is 0.173. The Kier molecular flexibility index (Phi) is 6.24. The zero-order valence-electron chi connectivity index (χ0n) is 30.4. The molecule has 3 nitrogen and oxygen atoms in total. The summed E-state index contributed by atoms with van der Waals surface area (Å²) in [5, 5.41) is 2.47. The minimum atomic E-state index is -0.404. The molecule has 2 heterocycles. The van der Waals surface area contributed by atoms with Crippen LogP contribution in [0.4, 0.5) is 0 Å². The van der Waals surface area contributed by atoms with Gasteiger partial charge in [-0.15, -0.1) is 0 Å². The Labute approximate surface area is 310 Å². The Morgan fingerprint density at radius 1 is 0.434 bits per heavy atom. The van der Waals surface area contributed by atoms with Crippen LogP contribution < -0.4 is 5.46 Å². The molecule has 254 valence electrons. The zero-order chi connectivity index (χ0) is 35.7. The van der Waals surface area contributed by atoms with Gasteiger partial charge in [0.2, 0.25) is 0 Å². The van der Waals surface area contributed by atoms with E-state index in [1.165, 1.54) is 77.6 Å². The SMILES string of the molecule is CC1(C)OB(c2cccc(-c3ccc4c(c3)c3ccccc3n4-c3ccc4c(c3)C3(c5ccccc5-c5ccccc53)c3ccccc3-4)c2)OC1(C)C. The maximum Gasteiger partial charge on any atom is 0.494 e. The first-order valence-corrected chi connectivity index (χ1v) is 18.7. The molecule has 1 aromatic heterocycles. The molecule has 11 rings (SSSR count). The van der Waals surface area contributed by atoms with E-state index in [0.717, 1.165) is 11.0 Å². The Morgan fingerprint density at radius 3 is 1.64 bits per heavy atom. The van der Waals surface area contributed by atoms with Crippen molar-refractivity contribution in [1.29, 1.82) is 0 Å². The molecule has 3 aliphatic rings. The molecule has 4 heteroatoms. The van der Waals surface area contributed by atoms with Crippen LogP contribution in [-0.4, -0.2) is 22.9 Å². The fraction of sp³-hybridized carbons (Fsp3) is 0.143. The van der Waals surface area contributed by atoms with E-state index in [2.05, 4.69) is 190 Å². The molecule has 53 heavy (non-hydrogen) atoms. The van der Waals surface area contributed by atoms with Gasteiger partial charge in [0.05, 0.1) is 27.7 Å². The highest BCUT2D eigenvalue weighted by molar-refractivity contribution is 6.62. The smallest absolute Gasteiger partial charge is 0.399 e. The molecule has 1 fully saturated rings. The van der Waals surface area contributed by atoms with Crippen molar-refractivity contribution in [2.45, 2.75) is 44.3 Å². The van der Waals surface area contributed by atoms with E-state index >= 15 is 0 Å². The summed E-state index contributed by atoms with van der Waals surface area (Å²) in [4.78, 5) is 0. The van der Waals surface area contributed by atoms with E-state index in [1.807, 2.05) is 0 Å². The molecular formula is C49H38BNO2. The van der Waals surface area contributed by atoms with Crippen LogP contribution in [0.1, 0.15) is 49.9 Å². The molecule has 1 aliphatic heterocycles. The van der Waals surface area contributed by atoms with Gasteiger partial charge in [0.15, 0.2) is 0 Å². The second-order valence-electron chi connectivity index (χ2n) is 15.9. The third kappa shape index (κ3) is 4.08. The highest BCUT2D eigenvalue weighted by Crippen LogP contribution is 2.63. The molecule has 0 amide bonds. The maximum absolute atomic E-state index is 6.42. The molecule has 1 saturated heterocycles. The fourth-order valence-corrected chi connectivity index (χ4v) is 9.50. The van der Waals surface area contributed by atoms with Crippen LogP contribution in [0.5, 0.6) is 0 Å². The van der Waals surface area contributed by atoms with Gasteiger partial charge in [-0.25, -0.2) is 0 Å². The van der Waals surface area contributed by atoms with Crippen LogP contribution in [0.25, 0.3) is 60.9 Å². The predicted molar refractivity (Wildman–Crippen MR) is 218 cm³/mol. The lowest BCUT2D eigenvalue weighted by Crippen LogP contribution is -2.41. The number of aromatic nitrogens is 1. The molecular weight excluding hydrogens is 645 g/mol. The minimum Gasteiger partial charge on any atom is -0.399 e. The summed E-state index contributed by atoms with van der Waals surface area (Å²) < 4.78 is 15.3. The number of para-hydroxylation sites is 1. The van der Waals surface area contributed by atoms with Crippen LogP contribution in [0.3, 0.4) is 0 Å². The lowest BCUT2D eigenvalue weighted by Gasteiger charge is -2.32. The van der Waals surface area contributed by atoms with Gasteiger partial charge in [-0.1, -0.05) is 127 Å². The lowest BCUT2D eigenvalue weighted by molar-refractivity contribution is 0.00578. The third-order valence-corrected chi connectivity index (χ3v) is 12.7. The summed E-state index contributed by atoms with van der Waals surface area (Å²) >= 11 is 0. The van der Waals surface area contributed by atoms with Crippen LogP contribution in [-0.2, 0) is 14.7 Å². The Hall–Kier alpha value is -5.68. The van der Waals surface area contributed by atoms with E-state index in [1.54, 1.807) is 0 Å². The molecule has 0 bridgehead atoms. The molecule has 0 unspecified atom stereocenters. The van der Waals surface area contributed by atoms with Crippen molar-refractivity contribution in [2.75, 3.05) is 0 Å². The number of fused-ring (bicyclic) bond motifs is 13. The van der Waals surface area contributed by atoms with E-state index in [4.69, 9.17) is 9.31 Å². The highest BCUT2D eigenvalue weighted by atomic mass is 16.7. The minimum absolute atomic E-state index is 0.386. The number of nitrogens with zero attached hydrogens (tertiary/aromatic N) is 1. The summed E-state index contributed by atoms with van der Waals surface area (Å²) in [5.41, 5.74) is 16.4. The van der Waals surface area contributed by atoms with Crippen molar-refractivity contribution in [3.05, 3.63) is 180 Å². The zero-order valence-corrected chi connectivity index (χ0v) is 30.4. The monoisotopic (exact) mass is 683 g/mol.